The number of pyridine rings is 1. The van der Waals surface area contributed by atoms with Gasteiger partial charge < -0.3 is 10.1 Å². The molecule has 1 heterocycles. The van der Waals surface area contributed by atoms with Gasteiger partial charge in [0.25, 0.3) is 0 Å². The molecule has 0 fully saturated rings. The second-order valence-electron chi connectivity index (χ2n) is 4.83. The topological polar surface area (TPSA) is 75.6 Å². The number of aromatic nitrogens is 1. The first kappa shape index (κ1) is 16.5. The normalized spacial score (nSPS) is 10.5. The van der Waals surface area contributed by atoms with Gasteiger partial charge in [0, 0.05) is 18.1 Å². The van der Waals surface area contributed by atoms with Crippen molar-refractivity contribution in [2.45, 2.75) is 19.8 Å². The molecule has 0 atom stereocenters. The summed E-state index contributed by atoms with van der Waals surface area (Å²) < 4.78 is 5.56. The average molecular weight is 312 g/mol. The number of ether oxygens (including phenoxy) is 1. The van der Waals surface area contributed by atoms with Crippen LogP contribution in [-0.4, -0.2) is 23.8 Å². The Morgan fingerprint density at radius 3 is 2.65 bits per heavy atom. The van der Waals surface area contributed by atoms with Crippen molar-refractivity contribution < 1.29 is 9.53 Å². The molecule has 6 nitrogen and oxygen atoms in total. The van der Waals surface area contributed by atoms with Crippen LogP contribution < -0.4 is 15.5 Å². The minimum absolute atomic E-state index is 0.407. The molecule has 1 aromatic carbocycles. The fourth-order valence-electron chi connectivity index (χ4n) is 1.74. The summed E-state index contributed by atoms with van der Waals surface area (Å²) in [5, 5.41) is 6.56. The first-order valence-corrected chi connectivity index (χ1v) is 7.51. The zero-order valence-electron chi connectivity index (χ0n) is 13.0. The molecule has 0 aliphatic rings. The molecular weight excluding hydrogens is 292 g/mol. The average Bonchev–Trinajstić information content (AvgIpc) is 2.58. The van der Waals surface area contributed by atoms with Crippen LogP contribution in [-0.2, 0) is 0 Å². The second kappa shape index (κ2) is 9.19. The Kier molecular flexibility index (Phi) is 6.59. The first-order chi connectivity index (χ1) is 11.3. The third kappa shape index (κ3) is 6.17. The Morgan fingerprint density at radius 1 is 1.22 bits per heavy atom. The van der Waals surface area contributed by atoms with Crippen molar-refractivity contribution >= 4 is 17.9 Å². The van der Waals surface area contributed by atoms with Crippen molar-refractivity contribution in [1.82, 2.24) is 10.4 Å². The van der Waals surface area contributed by atoms with Crippen molar-refractivity contribution in [1.29, 1.82) is 0 Å². The van der Waals surface area contributed by atoms with Crippen LogP contribution in [0, 0.1) is 0 Å². The van der Waals surface area contributed by atoms with Gasteiger partial charge in [-0.05, 0) is 48.4 Å². The number of nitrogens with one attached hydrogen (secondary N) is 2. The highest BCUT2D eigenvalue weighted by atomic mass is 16.5. The lowest BCUT2D eigenvalue weighted by molar-refractivity contribution is 0.252. The van der Waals surface area contributed by atoms with Crippen molar-refractivity contribution in [3.8, 4) is 5.75 Å². The van der Waals surface area contributed by atoms with Crippen LogP contribution in [0.15, 0.2) is 53.9 Å². The van der Waals surface area contributed by atoms with Gasteiger partial charge in [0.2, 0.25) is 0 Å². The number of urea groups is 1. The fraction of sp³-hybridized carbons (Fsp3) is 0.235. The predicted octanol–water partition coefficient (Wildman–Crippen LogP) is 3.42. The van der Waals surface area contributed by atoms with Gasteiger partial charge in [-0.3, -0.25) is 4.98 Å². The summed E-state index contributed by atoms with van der Waals surface area (Å²) in [6.45, 7) is 2.82. The van der Waals surface area contributed by atoms with Gasteiger partial charge in [0.1, 0.15) is 5.75 Å². The van der Waals surface area contributed by atoms with Crippen LogP contribution >= 0.6 is 0 Å². The number of carbonyl (C=O) groups excluding carboxylic acids is 1. The van der Waals surface area contributed by atoms with Crippen LogP contribution in [0.4, 0.5) is 10.5 Å². The number of hydrazone groups is 1. The number of carbonyl (C=O) groups is 1. The molecule has 0 radical (unpaired) electrons. The summed E-state index contributed by atoms with van der Waals surface area (Å²) in [5.41, 5.74) is 3.93. The molecule has 0 saturated carbocycles. The monoisotopic (exact) mass is 312 g/mol. The first-order valence-electron chi connectivity index (χ1n) is 7.51. The lowest BCUT2D eigenvalue weighted by atomic mass is 10.3. The SMILES string of the molecule is CCCCOc1ccc(NC(=O)N/N=C\c2ccncc2)cc1. The van der Waals surface area contributed by atoms with Gasteiger partial charge >= 0.3 is 6.03 Å². The fourth-order valence-corrected chi connectivity index (χ4v) is 1.74. The third-order valence-electron chi connectivity index (χ3n) is 2.96. The smallest absolute Gasteiger partial charge is 0.339 e. The standard InChI is InChI=1S/C17H20N4O2/c1-2-3-12-23-16-6-4-15(5-7-16)20-17(22)21-19-13-14-8-10-18-11-9-14/h4-11,13H,2-3,12H2,1H3,(H2,20,21,22)/b19-13-. The molecule has 120 valence electrons. The molecule has 2 aromatic rings. The van der Waals surface area contributed by atoms with E-state index in [-0.39, 0.29) is 0 Å². The molecule has 23 heavy (non-hydrogen) atoms. The highest BCUT2D eigenvalue weighted by molar-refractivity contribution is 5.90. The number of benzene rings is 1. The third-order valence-corrected chi connectivity index (χ3v) is 2.96. The number of anilines is 1. The van der Waals surface area contributed by atoms with Crippen LogP contribution in [0.1, 0.15) is 25.3 Å². The summed E-state index contributed by atoms with van der Waals surface area (Å²) in [7, 11) is 0. The quantitative estimate of drug-likeness (QED) is 0.467. The molecule has 6 heteroatoms. The van der Waals surface area contributed by atoms with E-state index in [1.165, 1.54) is 0 Å². The van der Waals surface area contributed by atoms with Gasteiger partial charge in [0.15, 0.2) is 0 Å². The van der Waals surface area contributed by atoms with Crippen molar-refractivity contribution in [3.05, 3.63) is 54.4 Å². The molecule has 2 rings (SSSR count). The molecule has 0 bridgehead atoms. The van der Waals surface area contributed by atoms with E-state index >= 15 is 0 Å². The van der Waals surface area contributed by atoms with Crippen LogP contribution in [0.3, 0.4) is 0 Å². The summed E-state index contributed by atoms with van der Waals surface area (Å²) in [4.78, 5) is 15.6. The van der Waals surface area contributed by atoms with E-state index in [1.807, 2.05) is 12.1 Å². The molecule has 0 saturated heterocycles. The summed E-state index contributed by atoms with van der Waals surface area (Å²) in [6, 6.07) is 10.4. The van der Waals surface area contributed by atoms with E-state index in [2.05, 4.69) is 27.8 Å². The molecule has 0 aliphatic heterocycles. The lowest BCUT2D eigenvalue weighted by Gasteiger charge is -2.07. The highest BCUT2D eigenvalue weighted by Crippen LogP contribution is 2.15. The zero-order chi connectivity index (χ0) is 16.3. The maximum Gasteiger partial charge on any atom is 0.339 e. The molecule has 2 amide bonds. The van der Waals surface area contributed by atoms with Crippen molar-refractivity contribution in [2.24, 2.45) is 5.10 Å². The Balaban J connectivity index is 1.77. The van der Waals surface area contributed by atoms with E-state index < -0.39 is 6.03 Å². The molecule has 2 N–H and O–H groups in total. The molecular formula is C17H20N4O2. The van der Waals surface area contributed by atoms with Gasteiger partial charge in [-0.25, -0.2) is 10.2 Å². The highest BCUT2D eigenvalue weighted by Gasteiger charge is 2.00. The summed E-state index contributed by atoms with van der Waals surface area (Å²) in [5.74, 6) is 0.792. The number of hydrogen-bond acceptors (Lipinski definition) is 4. The van der Waals surface area contributed by atoms with Crippen LogP contribution in [0.2, 0.25) is 0 Å². The molecule has 0 aliphatic carbocycles. The number of rotatable bonds is 7. The minimum Gasteiger partial charge on any atom is -0.494 e. The van der Waals surface area contributed by atoms with Crippen molar-refractivity contribution in [2.75, 3.05) is 11.9 Å². The summed E-state index contributed by atoms with van der Waals surface area (Å²) in [6.07, 6.45) is 6.99. The Bertz CT molecular complexity index is 627. The number of unbranched alkanes of at least 4 members (excludes halogenated alkanes) is 1. The number of hydrogen-bond donors (Lipinski definition) is 2. The van der Waals surface area contributed by atoms with Gasteiger partial charge in [-0.2, -0.15) is 5.10 Å². The van der Waals surface area contributed by atoms with E-state index in [1.54, 1.807) is 42.9 Å². The largest absolute Gasteiger partial charge is 0.494 e. The van der Waals surface area contributed by atoms with Gasteiger partial charge in [0.05, 0.1) is 12.8 Å². The number of nitrogens with zero attached hydrogens (tertiary/aromatic N) is 2. The second-order valence-corrected chi connectivity index (χ2v) is 4.83. The van der Waals surface area contributed by atoms with Crippen molar-refractivity contribution in [3.63, 3.8) is 0 Å². The Morgan fingerprint density at radius 2 is 1.96 bits per heavy atom. The van der Waals surface area contributed by atoms with E-state index in [0.29, 0.717) is 12.3 Å². The number of amides is 2. The van der Waals surface area contributed by atoms with Crippen LogP contribution in [0.25, 0.3) is 0 Å². The maximum atomic E-state index is 11.7. The molecule has 1 aromatic heterocycles. The maximum absolute atomic E-state index is 11.7. The molecule has 0 unspecified atom stereocenters. The predicted molar refractivity (Wildman–Crippen MR) is 90.8 cm³/mol. The lowest BCUT2D eigenvalue weighted by Crippen LogP contribution is -2.24. The van der Waals surface area contributed by atoms with E-state index in [4.69, 9.17) is 4.74 Å². The Hall–Kier alpha value is -2.89. The van der Waals surface area contributed by atoms with Crippen LogP contribution in [0.5, 0.6) is 5.75 Å². The van der Waals surface area contributed by atoms with E-state index in [9.17, 15) is 4.79 Å². The van der Waals surface area contributed by atoms with Gasteiger partial charge in [-0.1, -0.05) is 13.3 Å². The Labute approximate surface area is 135 Å². The molecule has 0 spiro atoms. The minimum atomic E-state index is -0.407. The van der Waals surface area contributed by atoms with Gasteiger partial charge in [-0.15, -0.1) is 0 Å². The summed E-state index contributed by atoms with van der Waals surface area (Å²) >= 11 is 0. The van der Waals surface area contributed by atoms with E-state index in [0.717, 1.165) is 24.2 Å². The zero-order valence-corrected chi connectivity index (χ0v) is 13.0.